The van der Waals surface area contributed by atoms with Gasteiger partial charge in [-0.15, -0.1) is 22.7 Å². The summed E-state index contributed by atoms with van der Waals surface area (Å²) in [7, 11) is 0. The zero-order valence-corrected chi connectivity index (χ0v) is 21.6. The molecule has 0 aliphatic heterocycles. The van der Waals surface area contributed by atoms with Crippen molar-refractivity contribution < 1.29 is 0 Å². The molecule has 7 aromatic carbocycles. The Bertz CT molecular complexity index is 2270. The van der Waals surface area contributed by atoms with Crippen molar-refractivity contribution >= 4 is 113 Å². The van der Waals surface area contributed by atoms with E-state index in [9.17, 15) is 0 Å². The topological polar surface area (TPSA) is 0 Å². The summed E-state index contributed by atoms with van der Waals surface area (Å²) in [6.45, 7) is 0. The molecule has 0 N–H and O–H groups in total. The maximum Gasteiger partial charge on any atom is 0.0789 e. The van der Waals surface area contributed by atoms with Gasteiger partial charge in [-0.05, 0) is 71.2 Å². The molecule has 0 aliphatic rings. The lowest BCUT2D eigenvalue weighted by Crippen LogP contribution is -1.86. The Labute approximate surface area is 216 Å². The fourth-order valence-electron chi connectivity index (χ4n) is 6.31. The van der Waals surface area contributed by atoms with Crippen LogP contribution in [-0.4, -0.2) is 0 Å². The molecule has 35 heavy (non-hydrogen) atoms. The van der Waals surface area contributed by atoms with Crippen molar-refractivity contribution in [3.05, 3.63) is 94.8 Å². The highest BCUT2D eigenvalue weighted by atomic mass is 79.9. The lowest BCUT2D eigenvalue weighted by molar-refractivity contribution is 1.78. The average molecular weight is 544 g/mol. The van der Waals surface area contributed by atoms with Crippen LogP contribution in [0.3, 0.4) is 0 Å². The Balaban J connectivity index is 1.54. The number of thiophene rings is 2. The molecule has 0 unspecified atom stereocenters. The molecule has 0 fully saturated rings. The highest BCUT2D eigenvalue weighted by Crippen LogP contribution is 2.53. The van der Waals surface area contributed by atoms with E-state index in [0.29, 0.717) is 0 Å². The molecule has 0 atom stereocenters. The fourth-order valence-corrected chi connectivity index (χ4v) is 9.49. The highest BCUT2D eigenvalue weighted by molar-refractivity contribution is 9.11. The van der Waals surface area contributed by atoms with E-state index in [1.54, 1.807) is 0 Å². The number of fused-ring (bicyclic) bond motifs is 2. The van der Waals surface area contributed by atoms with Crippen molar-refractivity contribution in [2.45, 2.75) is 0 Å². The van der Waals surface area contributed by atoms with E-state index in [2.05, 4.69) is 107 Å². The zero-order chi connectivity index (χ0) is 22.8. The molecule has 9 rings (SSSR count). The van der Waals surface area contributed by atoms with Crippen LogP contribution in [0.1, 0.15) is 0 Å². The Morgan fingerprint density at radius 3 is 1.83 bits per heavy atom. The summed E-state index contributed by atoms with van der Waals surface area (Å²) in [5.41, 5.74) is 1.34. The van der Waals surface area contributed by atoms with E-state index >= 15 is 0 Å². The van der Waals surface area contributed by atoms with E-state index in [-0.39, 0.29) is 0 Å². The first kappa shape index (κ1) is 19.0. The van der Waals surface area contributed by atoms with E-state index < -0.39 is 0 Å². The number of halogens is 1. The predicted molar refractivity (Wildman–Crippen MR) is 160 cm³/mol. The van der Waals surface area contributed by atoms with Crippen LogP contribution in [0.15, 0.2) is 94.8 Å². The van der Waals surface area contributed by atoms with Crippen LogP contribution >= 0.6 is 38.6 Å². The Hall–Kier alpha value is -3.24. The summed E-state index contributed by atoms with van der Waals surface area (Å²) in [5, 5.41) is 16.3. The molecule has 162 valence electrons. The normalized spacial score (nSPS) is 12.7. The minimum atomic E-state index is 1.23. The van der Waals surface area contributed by atoms with Gasteiger partial charge in [0.2, 0.25) is 0 Å². The van der Waals surface area contributed by atoms with Crippen LogP contribution in [0.5, 0.6) is 0 Å². The van der Waals surface area contributed by atoms with Gasteiger partial charge in [-0.1, -0.05) is 78.9 Å². The van der Waals surface area contributed by atoms with E-state index in [0.717, 1.165) is 0 Å². The monoisotopic (exact) mass is 542 g/mol. The molecule has 0 spiro atoms. The third-order valence-corrected chi connectivity index (χ3v) is 10.7. The summed E-state index contributed by atoms with van der Waals surface area (Å²) in [6.07, 6.45) is 0. The molecular weight excluding hydrogens is 528 g/mol. The fraction of sp³-hybridized carbons (Fsp3) is 0. The number of benzene rings is 7. The third kappa shape index (κ3) is 2.27. The molecule has 0 bridgehead atoms. The van der Waals surface area contributed by atoms with Crippen LogP contribution in [0.25, 0.3) is 84.5 Å². The maximum absolute atomic E-state index is 3.90. The average Bonchev–Trinajstić information content (AvgIpc) is 3.45. The molecule has 0 aliphatic carbocycles. The molecular formula is C32H15BrS2. The van der Waals surface area contributed by atoms with Gasteiger partial charge in [0.25, 0.3) is 0 Å². The Morgan fingerprint density at radius 1 is 0.429 bits per heavy atom. The van der Waals surface area contributed by atoms with Gasteiger partial charge in [0.05, 0.1) is 3.79 Å². The second-order valence-electron chi connectivity index (χ2n) is 9.38. The first-order valence-electron chi connectivity index (χ1n) is 11.7. The van der Waals surface area contributed by atoms with Crippen molar-refractivity contribution in [2.24, 2.45) is 0 Å². The van der Waals surface area contributed by atoms with Gasteiger partial charge in [-0.3, -0.25) is 0 Å². The summed E-state index contributed by atoms with van der Waals surface area (Å²) in [6, 6.07) is 34.1. The molecule has 2 aromatic heterocycles. The minimum Gasteiger partial charge on any atom is -0.134 e. The summed E-state index contributed by atoms with van der Waals surface area (Å²) < 4.78 is 3.94. The summed E-state index contributed by atoms with van der Waals surface area (Å²) in [4.78, 5) is 1.38. The molecule has 9 aromatic rings. The summed E-state index contributed by atoms with van der Waals surface area (Å²) in [5.74, 6) is 0. The smallest absolute Gasteiger partial charge is 0.0789 e. The van der Waals surface area contributed by atoms with Crippen LogP contribution in [0.2, 0.25) is 0 Å². The molecule has 3 heteroatoms. The lowest BCUT2D eigenvalue weighted by atomic mass is 9.90. The van der Waals surface area contributed by atoms with Gasteiger partial charge in [0.15, 0.2) is 0 Å². The van der Waals surface area contributed by atoms with Gasteiger partial charge < -0.3 is 0 Å². The van der Waals surface area contributed by atoms with Crippen molar-refractivity contribution in [1.82, 2.24) is 0 Å². The molecule has 0 nitrogen and oxygen atoms in total. The van der Waals surface area contributed by atoms with Crippen LogP contribution < -0.4 is 0 Å². The molecule has 0 radical (unpaired) electrons. The van der Waals surface area contributed by atoms with Gasteiger partial charge in [0, 0.05) is 41.4 Å². The molecule has 0 saturated heterocycles. The highest BCUT2D eigenvalue weighted by Gasteiger charge is 2.23. The van der Waals surface area contributed by atoms with E-state index in [1.165, 1.54) is 88.3 Å². The van der Waals surface area contributed by atoms with Crippen LogP contribution in [-0.2, 0) is 0 Å². The Kier molecular flexibility index (Phi) is 3.53. The summed E-state index contributed by atoms with van der Waals surface area (Å²) >= 11 is 7.68. The van der Waals surface area contributed by atoms with Crippen LogP contribution in [0.4, 0.5) is 0 Å². The maximum atomic E-state index is 3.90. The van der Waals surface area contributed by atoms with Crippen molar-refractivity contribution in [1.29, 1.82) is 0 Å². The minimum absolute atomic E-state index is 1.23. The zero-order valence-electron chi connectivity index (χ0n) is 18.4. The van der Waals surface area contributed by atoms with Gasteiger partial charge in [-0.25, -0.2) is 0 Å². The van der Waals surface area contributed by atoms with Crippen LogP contribution in [0, 0.1) is 0 Å². The third-order valence-electron chi connectivity index (χ3n) is 7.70. The second-order valence-corrected chi connectivity index (χ2v) is 12.8. The molecule has 2 heterocycles. The van der Waals surface area contributed by atoms with Gasteiger partial charge >= 0.3 is 0 Å². The Morgan fingerprint density at radius 2 is 1.03 bits per heavy atom. The predicted octanol–water partition coefficient (Wildman–Crippen LogP) is 11.2. The largest absolute Gasteiger partial charge is 0.134 e. The SMILES string of the molecule is Brc1sc2cccc3c4c(-c5ccc6ccc7cccc8ccc5c6c78)sc5cccc(c1c23)c54. The van der Waals surface area contributed by atoms with E-state index in [1.807, 2.05) is 22.7 Å². The lowest BCUT2D eigenvalue weighted by Gasteiger charge is -2.14. The number of hydrogen-bond donors (Lipinski definition) is 0. The van der Waals surface area contributed by atoms with E-state index in [4.69, 9.17) is 0 Å². The standard InChI is InChI=1S/C32H15BrS2/c33-32-30-22-7-3-8-23-27(22)29(21-6-2-9-24(35-32)28(21)30)31(34-23)20-15-13-18-11-10-16-4-1-5-17-12-14-19(20)26(18)25(16)17/h1-15H. The van der Waals surface area contributed by atoms with Gasteiger partial charge in [0.1, 0.15) is 0 Å². The first-order chi connectivity index (χ1) is 17.3. The second kappa shape index (κ2) is 6.50. The molecule has 0 amide bonds. The quantitative estimate of drug-likeness (QED) is 0.143. The number of rotatable bonds is 1. The molecule has 0 saturated carbocycles. The first-order valence-corrected chi connectivity index (χ1v) is 14.1. The van der Waals surface area contributed by atoms with Gasteiger partial charge in [-0.2, -0.15) is 0 Å². The van der Waals surface area contributed by atoms with Crippen molar-refractivity contribution in [2.75, 3.05) is 0 Å². The number of hydrogen-bond acceptors (Lipinski definition) is 2. The van der Waals surface area contributed by atoms with Crippen molar-refractivity contribution in [3.8, 4) is 10.4 Å². The van der Waals surface area contributed by atoms with Crippen molar-refractivity contribution in [3.63, 3.8) is 0 Å².